The van der Waals surface area contributed by atoms with Crippen molar-refractivity contribution in [2.24, 2.45) is 0 Å². The molecule has 0 radical (unpaired) electrons. The van der Waals surface area contributed by atoms with Crippen molar-refractivity contribution in [3.8, 4) is 0 Å². The van der Waals surface area contributed by atoms with Gasteiger partial charge < -0.3 is 19.5 Å². The number of hydrogen-bond acceptors (Lipinski definition) is 4. The summed E-state index contributed by atoms with van der Waals surface area (Å²) in [4.78, 5) is 13.4. The highest BCUT2D eigenvalue weighted by Crippen LogP contribution is 2.15. The third kappa shape index (κ3) is 3.98. The molecule has 0 aromatic heterocycles. The first-order valence-corrected chi connectivity index (χ1v) is 5.56. The Morgan fingerprint density at radius 1 is 1.50 bits per heavy atom. The monoisotopic (exact) mass is 231 g/mol. The molecule has 0 saturated carbocycles. The maximum Gasteiger partial charge on any atom is 0.410 e. The molecule has 1 amide bonds. The average molecular weight is 231 g/mol. The summed E-state index contributed by atoms with van der Waals surface area (Å²) in [5.74, 6) is 0. The highest BCUT2D eigenvalue weighted by Gasteiger charge is 2.30. The van der Waals surface area contributed by atoms with E-state index in [-0.39, 0.29) is 24.9 Å². The van der Waals surface area contributed by atoms with Crippen LogP contribution < -0.4 is 0 Å². The summed E-state index contributed by atoms with van der Waals surface area (Å²) in [5, 5.41) is 9.04. The van der Waals surface area contributed by atoms with Gasteiger partial charge in [-0.3, -0.25) is 0 Å². The van der Waals surface area contributed by atoms with E-state index < -0.39 is 5.60 Å². The number of nitrogens with zero attached hydrogens (tertiary/aromatic N) is 1. The fourth-order valence-electron chi connectivity index (χ4n) is 1.62. The Bertz CT molecular complexity index is 249. The quantitative estimate of drug-likeness (QED) is 0.731. The fourth-order valence-corrected chi connectivity index (χ4v) is 1.62. The molecule has 1 unspecified atom stereocenters. The number of morpholine rings is 1. The molecule has 94 valence electrons. The Morgan fingerprint density at radius 3 is 2.62 bits per heavy atom. The van der Waals surface area contributed by atoms with Gasteiger partial charge in [-0.25, -0.2) is 4.79 Å². The minimum Gasteiger partial charge on any atom is -0.444 e. The molecule has 1 N–H and O–H groups in total. The molecule has 0 aromatic carbocycles. The first-order valence-electron chi connectivity index (χ1n) is 5.56. The van der Waals surface area contributed by atoms with Crippen molar-refractivity contribution in [3.63, 3.8) is 0 Å². The van der Waals surface area contributed by atoms with E-state index in [2.05, 4.69) is 0 Å². The number of aliphatic hydroxyl groups excluding tert-OH is 1. The van der Waals surface area contributed by atoms with Crippen LogP contribution in [0.5, 0.6) is 0 Å². The van der Waals surface area contributed by atoms with Crippen LogP contribution in [0, 0.1) is 0 Å². The lowest BCUT2D eigenvalue weighted by atomic mass is 10.2. The summed E-state index contributed by atoms with van der Waals surface area (Å²) in [6.45, 7) is 8.18. The zero-order valence-corrected chi connectivity index (χ0v) is 10.4. The number of rotatable bonds is 1. The molecule has 0 spiro atoms. The average Bonchev–Trinajstić information content (AvgIpc) is 2.14. The Kier molecular flexibility index (Phi) is 4.15. The Hall–Kier alpha value is -0.810. The van der Waals surface area contributed by atoms with E-state index >= 15 is 0 Å². The third-order valence-electron chi connectivity index (χ3n) is 2.18. The highest BCUT2D eigenvalue weighted by atomic mass is 16.6. The van der Waals surface area contributed by atoms with Crippen molar-refractivity contribution in [1.29, 1.82) is 0 Å². The van der Waals surface area contributed by atoms with Crippen LogP contribution >= 0.6 is 0 Å². The van der Waals surface area contributed by atoms with Gasteiger partial charge in [0.15, 0.2) is 0 Å². The molecule has 0 aromatic rings. The maximum atomic E-state index is 11.8. The standard InChI is InChI=1S/C11H21NO4/c1-8-5-12(6-9(7-13)15-8)10(14)16-11(2,3)4/h8-9,13H,5-7H2,1-4H3/t8?,9-/m0/s1. The normalized spacial score (nSPS) is 26.7. The molecule has 1 saturated heterocycles. The van der Waals surface area contributed by atoms with Crippen LogP contribution in [0.4, 0.5) is 4.79 Å². The number of aliphatic hydroxyl groups is 1. The molecule has 1 aliphatic rings. The number of hydrogen-bond donors (Lipinski definition) is 1. The van der Waals surface area contributed by atoms with E-state index in [1.807, 2.05) is 27.7 Å². The second kappa shape index (κ2) is 5.01. The van der Waals surface area contributed by atoms with E-state index in [1.165, 1.54) is 0 Å². The minimum absolute atomic E-state index is 0.0709. The van der Waals surface area contributed by atoms with E-state index in [0.29, 0.717) is 13.1 Å². The van der Waals surface area contributed by atoms with E-state index in [9.17, 15) is 4.79 Å². The smallest absolute Gasteiger partial charge is 0.410 e. The molecule has 16 heavy (non-hydrogen) atoms. The molecule has 1 rings (SSSR count). The number of carbonyl (C=O) groups is 1. The molecule has 0 bridgehead atoms. The summed E-state index contributed by atoms with van der Waals surface area (Å²) < 4.78 is 10.7. The van der Waals surface area contributed by atoms with Gasteiger partial charge in [-0.05, 0) is 27.7 Å². The second-order valence-corrected chi connectivity index (χ2v) is 5.14. The highest BCUT2D eigenvalue weighted by molar-refractivity contribution is 5.68. The van der Waals surface area contributed by atoms with Gasteiger partial charge in [0.2, 0.25) is 0 Å². The van der Waals surface area contributed by atoms with Crippen LogP contribution in [0.2, 0.25) is 0 Å². The van der Waals surface area contributed by atoms with Gasteiger partial charge in [0.1, 0.15) is 5.60 Å². The van der Waals surface area contributed by atoms with Crippen molar-refractivity contribution in [3.05, 3.63) is 0 Å². The van der Waals surface area contributed by atoms with Crippen molar-refractivity contribution in [1.82, 2.24) is 4.90 Å². The van der Waals surface area contributed by atoms with Crippen molar-refractivity contribution in [2.75, 3.05) is 19.7 Å². The lowest BCUT2D eigenvalue weighted by Gasteiger charge is -2.36. The van der Waals surface area contributed by atoms with E-state index in [4.69, 9.17) is 14.6 Å². The van der Waals surface area contributed by atoms with Crippen LogP contribution in [0.15, 0.2) is 0 Å². The number of amides is 1. The predicted molar refractivity (Wildman–Crippen MR) is 59.2 cm³/mol. The van der Waals surface area contributed by atoms with Crippen molar-refractivity contribution in [2.45, 2.75) is 45.5 Å². The first-order chi connectivity index (χ1) is 7.31. The topological polar surface area (TPSA) is 59.0 Å². The van der Waals surface area contributed by atoms with Gasteiger partial charge >= 0.3 is 6.09 Å². The minimum atomic E-state index is -0.493. The summed E-state index contributed by atoms with van der Waals surface area (Å²) in [5.41, 5.74) is -0.493. The summed E-state index contributed by atoms with van der Waals surface area (Å²) in [6, 6.07) is 0. The Labute approximate surface area is 96.3 Å². The van der Waals surface area contributed by atoms with Crippen LogP contribution in [0.1, 0.15) is 27.7 Å². The molecule has 1 aliphatic heterocycles. The van der Waals surface area contributed by atoms with E-state index in [0.717, 1.165) is 0 Å². The van der Waals surface area contributed by atoms with Gasteiger partial charge in [0, 0.05) is 0 Å². The molecule has 1 fully saturated rings. The third-order valence-corrected chi connectivity index (χ3v) is 2.18. The first kappa shape index (κ1) is 13.3. The SMILES string of the molecule is CC1CN(C(=O)OC(C)(C)C)C[C@@H](CO)O1. The zero-order chi connectivity index (χ0) is 12.3. The maximum absolute atomic E-state index is 11.8. The van der Waals surface area contributed by atoms with Crippen molar-refractivity contribution >= 4 is 6.09 Å². The van der Waals surface area contributed by atoms with Gasteiger partial charge in [0.25, 0.3) is 0 Å². The van der Waals surface area contributed by atoms with Crippen LogP contribution in [-0.4, -0.2) is 53.6 Å². The van der Waals surface area contributed by atoms with Crippen LogP contribution in [0.3, 0.4) is 0 Å². The number of ether oxygens (including phenoxy) is 2. The fraction of sp³-hybridized carbons (Fsp3) is 0.909. The molecule has 1 heterocycles. The lowest BCUT2D eigenvalue weighted by molar-refractivity contribution is -0.0956. The van der Waals surface area contributed by atoms with Gasteiger partial charge in [-0.2, -0.15) is 0 Å². The van der Waals surface area contributed by atoms with Crippen molar-refractivity contribution < 1.29 is 19.4 Å². The molecule has 0 aliphatic carbocycles. The van der Waals surface area contributed by atoms with Gasteiger partial charge in [0.05, 0.1) is 31.9 Å². The summed E-state index contributed by atoms with van der Waals surface area (Å²) >= 11 is 0. The van der Waals surface area contributed by atoms with E-state index in [1.54, 1.807) is 4.90 Å². The van der Waals surface area contributed by atoms with Gasteiger partial charge in [-0.1, -0.05) is 0 Å². The predicted octanol–water partition coefficient (Wildman–Crippen LogP) is 1.00. The molecule has 5 heteroatoms. The molecular formula is C11H21NO4. The number of carbonyl (C=O) groups excluding carboxylic acids is 1. The lowest BCUT2D eigenvalue weighted by Crippen LogP contribution is -2.51. The molecule has 2 atom stereocenters. The largest absolute Gasteiger partial charge is 0.444 e. The molecule has 5 nitrogen and oxygen atoms in total. The van der Waals surface area contributed by atoms with Crippen LogP contribution in [0.25, 0.3) is 0 Å². The summed E-state index contributed by atoms with van der Waals surface area (Å²) in [6.07, 6.45) is -0.726. The second-order valence-electron chi connectivity index (χ2n) is 5.14. The van der Waals surface area contributed by atoms with Gasteiger partial charge in [-0.15, -0.1) is 0 Å². The molecular weight excluding hydrogens is 210 g/mol. The Balaban J connectivity index is 2.55. The summed E-state index contributed by atoms with van der Waals surface area (Å²) in [7, 11) is 0. The van der Waals surface area contributed by atoms with Crippen LogP contribution in [-0.2, 0) is 9.47 Å². The zero-order valence-electron chi connectivity index (χ0n) is 10.4. The Morgan fingerprint density at radius 2 is 2.12 bits per heavy atom.